The minimum absolute atomic E-state index is 0.0298. The Labute approximate surface area is 584 Å². The Hall–Kier alpha value is -11.4. The van der Waals surface area contributed by atoms with Crippen LogP contribution in [0, 0.1) is 79.5 Å². The Kier molecular flexibility index (Phi) is 21.7. The van der Waals surface area contributed by atoms with Crippen molar-refractivity contribution in [2.75, 3.05) is 21.3 Å². The van der Waals surface area contributed by atoms with Crippen LogP contribution in [0.25, 0.3) is 67.9 Å². The average molecular weight is 1400 g/mol. The lowest BCUT2D eigenvalue weighted by molar-refractivity contribution is -0.121. The van der Waals surface area contributed by atoms with Gasteiger partial charge in [-0.1, -0.05) is 62.3 Å². The van der Waals surface area contributed by atoms with E-state index in [2.05, 4.69) is 81.1 Å². The number of anilines is 4. The molecule has 1 atom stereocenters. The number of carbonyl (C=O) groups is 4. The molecular weight excluding hydrogens is 1320 g/mol. The van der Waals surface area contributed by atoms with Gasteiger partial charge in [-0.2, -0.15) is 0 Å². The number of aromatic nitrogens is 16. The third kappa shape index (κ3) is 18.3. The zero-order valence-electron chi connectivity index (χ0n) is 59.0. The fraction of sp³-hybridized carbons (Fsp3) is 0.342. The highest BCUT2D eigenvalue weighted by Gasteiger charge is 2.41. The van der Waals surface area contributed by atoms with Crippen LogP contribution in [-0.2, 0) is 19.2 Å². The Bertz CT molecular complexity index is 4880. The zero-order chi connectivity index (χ0) is 73.7. The summed E-state index contributed by atoms with van der Waals surface area (Å²) < 4.78 is 73.1. The lowest BCUT2D eigenvalue weighted by atomic mass is 9.72. The van der Waals surface area contributed by atoms with Gasteiger partial charge in [0.1, 0.15) is 74.3 Å². The van der Waals surface area contributed by atoms with E-state index in [1.165, 1.54) is 48.5 Å². The van der Waals surface area contributed by atoms with E-state index in [9.17, 15) is 41.1 Å². The van der Waals surface area contributed by atoms with Gasteiger partial charge in [-0.05, 0) is 167 Å². The van der Waals surface area contributed by atoms with Crippen LogP contribution in [0.5, 0.6) is 0 Å². The molecule has 24 nitrogen and oxygen atoms in total. The van der Waals surface area contributed by atoms with Crippen molar-refractivity contribution in [1.29, 1.82) is 0 Å². The number of nitrogens with zero attached hydrogens (tertiary/aromatic N) is 16. The van der Waals surface area contributed by atoms with Gasteiger partial charge in [0.2, 0.25) is 47.4 Å². The van der Waals surface area contributed by atoms with E-state index in [1.807, 2.05) is 132 Å². The molecule has 0 bridgehead atoms. The van der Waals surface area contributed by atoms with Crippen molar-refractivity contribution < 1.29 is 41.1 Å². The molecule has 4 amide bonds. The summed E-state index contributed by atoms with van der Waals surface area (Å²) in [6, 6.07) is 25.9. The van der Waals surface area contributed by atoms with Crippen LogP contribution in [-0.4, -0.2) is 107 Å². The van der Waals surface area contributed by atoms with Gasteiger partial charge in [-0.3, -0.25) is 40.4 Å². The van der Waals surface area contributed by atoms with Gasteiger partial charge in [-0.25, -0.2) is 100 Å². The second kappa shape index (κ2) is 30.2. The maximum absolute atomic E-state index is 13.6. The monoisotopic (exact) mass is 1390 g/mol. The Morgan fingerprint density at radius 2 is 0.706 bits per heavy atom. The molecule has 1 fully saturated rings. The van der Waals surface area contributed by atoms with E-state index in [0.717, 1.165) is 47.6 Å². The second-order valence-corrected chi connectivity index (χ2v) is 28.1. The maximum atomic E-state index is 13.6. The van der Waals surface area contributed by atoms with Gasteiger partial charge in [0.05, 0.1) is 24.8 Å². The van der Waals surface area contributed by atoms with Gasteiger partial charge >= 0.3 is 0 Å². The van der Waals surface area contributed by atoms with E-state index in [0.29, 0.717) is 111 Å². The number of rotatable bonds is 14. The number of fused-ring (bicyclic) bond motifs is 4. The van der Waals surface area contributed by atoms with E-state index in [-0.39, 0.29) is 64.6 Å². The normalized spacial score (nSPS) is 14.6. The molecule has 12 heterocycles. The largest absolute Gasteiger partial charge is 0.296 e. The number of pyridine rings is 8. The van der Waals surface area contributed by atoms with E-state index in [1.54, 1.807) is 31.3 Å². The lowest BCUT2D eigenvalue weighted by Crippen LogP contribution is -2.38. The van der Waals surface area contributed by atoms with E-state index < -0.39 is 28.9 Å². The average Bonchev–Trinajstić information content (AvgIpc) is 1.65. The summed E-state index contributed by atoms with van der Waals surface area (Å²) in [5, 5.41) is 11.3. The van der Waals surface area contributed by atoms with Crippen LogP contribution in [0.4, 0.5) is 45.7 Å². The number of hydrogen-bond acceptors (Lipinski definition) is 16. The standard InChI is InChI=1S/C19H19F2N5O.3C18H20FN5O/c1-11-3-5-14-17(23-11)26(15-6-4-13(20)10-22-15)18(24-14)25-16(27)7-12-8-19(2,21)9-12;2*1-11-5-7-13-16(21-11)24(14-8-6-12(19)10-20-14)17(22-13)23-15(25)9-18(2,3)4;1-10(2)12(4)17(25)23-18-22-14-7-5-11(3)21-16(14)24(18)15-8-6-13(19)9-20-15/h3-6,10,12H,7-9H2,1-2H3,(H,24,25,27);2*5-8,10H,9H2,1-4H3,(H,22,23,25);5-10,12H,1-4H3,(H,22,23,25)/t;;;12-/m...0/s1. The number of amides is 4. The van der Waals surface area contributed by atoms with Crippen LogP contribution >= 0.6 is 0 Å². The van der Waals surface area contributed by atoms with Crippen LogP contribution in [0.1, 0.15) is 124 Å². The SMILES string of the molecule is Cc1ccc2nc(NC(=O)CC(C)(C)C)n(-c3ccc(F)cn3)c2n1.Cc1ccc2nc(NC(=O)CC(C)(C)C)n(-c3ccc(F)cn3)c2n1.Cc1ccc2nc(NC(=O)CC3CC(C)(F)C3)n(-c3ccc(F)cn3)c2n1.Cc1ccc2nc(NC(=O)[C@@H](C)C(C)C)n(-c3ccc(F)cn3)c2n1. The van der Waals surface area contributed by atoms with E-state index in [4.69, 9.17) is 0 Å². The summed E-state index contributed by atoms with van der Waals surface area (Å²) in [5.41, 5.74) is 6.41. The van der Waals surface area contributed by atoms with Gasteiger partial charge in [0.15, 0.2) is 22.6 Å². The molecule has 0 aliphatic heterocycles. The minimum atomic E-state index is -1.17. The highest BCUT2D eigenvalue weighted by Crippen LogP contribution is 2.43. The van der Waals surface area contributed by atoms with Crippen molar-refractivity contribution in [1.82, 2.24) is 78.1 Å². The molecular formula is C73H79F5N20O4. The summed E-state index contributed by atoms with van der Waals surface area (Å²) in [6.45, 7) is 26.8. The first-order valence-corrected chi connectivity index (χ1v) is 32.9. The van der Waals surface area contributed by atoms with Crippen molar-refractivity contribution in [3.8, 4) is 23.3 Å². The van der Waals surface area contributed by atoms with Crippen molar-refractivity contribution in [3.63, 3.8) is 0 Å². The Balaban J connectivity index is 0.000000147. The molecule has 530 valence electrons. The van der Waals surface area contributed by atoms with E-state index >= 15 is 0 Å². The third-order valence-electron chi connectivity index (χ3n) is 16.0. The number of hydrogen-bond donors (Lipinski definition) is 4. The highest BCUT2D eigenvalue weighted by atomic mass is 19.1. The fourth-order valence-corrected chi connectivity index (χ4v) is 11.0. The highest BCUT2D eigenvalue weighted by molar-refractivity contribution is 5.95. The topological polar surface area (TPSA) is 291 Å². The summed E-state index contributed by atoms with van der Waals surface area (Å²) in [6.07, 6.45) is 6.16. The molecule has 1 saturated carbocycles. The molecule has 29 heteroatoms. The van der Waals surface area contributed by atoms with Crippen molar-refractivity contribution in [2.45, 2.75) is 135 Å². The summed E-state index contributed by atoms with van der Waals surface area (Å²) in [7, 11) is 0. The predicted molar refractivity (Wildman–Crippen MR) is 379 cm³/mol. The van der Waals surface area contributed by atoms with Crippen LogP contribution < -0.4 is 21.3 Å². The van der Waals surface area contributed by atoms with Crippen molar-refractivity contribution >= 4 is 92.1 Å². The molecule has 1 aliphatic carbocycles. The zero-order valence-corrected chi connectivity index (χ0v) is 59.0. The number of halogens is 5. The van der Waals surface area contributed by atoms with Gasteiger partial charge in [0.25, 0.3) is 0 Å². The van der Waals surface area contributed by atoms with Crippen LogP contribution in [0.3, 0.4) is 0 Å². The van der Waals surface area contributed by atoms with Crippen LogP contribution in [0.2, 0.25) is 0 Å². The summed E-state index contributed by atoms with van der Waals surface area (Å²) in [4.78, 5) is 102. The van der Waals surface area contributed by atoms with Crippen LogP contribution in [0.15, 0.2) is 122 Å². The van der Waals surface area contributed by atoms with Gasteiger partial charge in [-0.15, -0.1) is 0 Å². The van der Waals surface area contributed by atoms with Gasteiger partial charge in [0, 0.05) is 48.0 Å². The number of imidazole rings is 4. The number of nitrogens with one attached hydrogen (secondary N) is 4. The molecule has 0 radical (unpaired) electrons. The Morgan fingerprint density at radius 3 is 0.951 bits per heavy atom. The molecule has 13 rings (SSSR count). The molecule has 12 aromatic heterocycles. The Morgan fingerprint density at radius 1 is 0.431 bits per heavy atom. The van der Waals surface area contributed by atoms with Crippen molar-refractivity contribution in [2.24, 2.45) is 28.6 Å². The molecule has 4 N–H and O–H groups in total. The molecule has 0 saturated heterocycles. The fourth-order valence-electron chi connectivity index (χ4n) is 11.0. The molecule has 0 aromatic carbocycles. The van der Waals surface area contributed by atoms with Gasteiger partial charge < -0.3 is 0 Å². The first kappa shape index (κ1) is 73.3. The minimum Gasteiger partial charge on any atom is -0.296 e. The first-order chi connectivity index (χ1) is 48.1. The molecule has 1 aliphatic rings. The number of aryl methyl sites for hydroxylation is 4. The molecule has 0 spiro atoms. The smallest absolute Gasteiger partial charge is 0.229 e. The quantitative estimate of drug-likeness (QED) is 0.0736. The lowest BCUT2D eigenvalue weighted by Gasteiger charge is -2.38. The molecule has 102 heavy (non-hydrogen) atoms. The number of alkyl halides is 1. The number of carbonyl (C=O) groups excluding carboxylic acids is 4. The summed E-state index contributed by atoms with van der Waals surface area (Å²) >= 11 is 0. The molecule has 0 unspecified atom stereocenters. The molecule has 12 aromatic rings. The first-order valence-electron chi connectivity index (χ1n) is 32.9. The summed E-state index contributed by atoms with van der Waals surface area (Å²) in [5.74, 6) is 0.542. The van der Waals surface area contributed by atoms with Crippen molar-refractivity contribution in [3.05, 3.63) is 168 Å². The third-order valence-corrected chi connectivity index (χ3v) is 16.0. The predicted octanol–water partition coefficient (Wildman–Crippen LogP) is 14.5. The maximum Gasteiger partial charge on any atom is 0.229 e. The second-order valence-electron chi connectivity index (χ2n) is 28.1.